The predicted molar refractivity (Wildman–Crippen MR) is 83.9 cm³/mol. The molecule has 104 valence electrons. The Bertz CT molecular complexity index is 863. The lowest BCUT2D eigenvalue weighted by Gasteiger charge is -2.02. The van der Waals surface area contributed by atoms with E-state index in [0.29, 0.717) is 11.8 Å². The third kappa shape index (κ3) is 2.29. The van der Waals surface area contributed by atoms with Crippen LogP contribution < -0.4 is 5.56 Å². The van der Waals surface area contributed by atoms with Gasteiger partial charge in [0.2, 0.25) is 0 Å². The molecule has 0 bridgehead atoms. The predicted octanol–water partition coefficient (Wildman–Crippen LogP) is 2.52. The van der Waals surface area contributed by atoms with E-state index in [2.05, 4.69) is 33.3 Å². The molecule has 2 heterocycles. The van der Waals surface area contributed by atoms with Crippen LogP contribution in [0.25, 0.3) is 22.9 Å². The second kappa shape index (κ2) is 5.20. The second-order valence-corrected chi connectivity index (χ2v) is 4.61. The number of benzene rings is 1. The Morgan fingerprint density at radius 1 is 1.14 bits per heavy atom. The molecule has 0 saturated heterocycles. The maximum atomic E-state index is 11.8. The fourth-order valence-electron chi connectivity index (χ4n) is 2.31. The third-order valence-corrected chi connectivity index (χ3v) is 3.32. The summed E-state index contributed by atoms with van der Waals surface area (Å²) in [5.41, 5.74) is 2.17. The molecule has 21 heavy (non-hydrogen) atoms. The van der Waals surface area contributed by atoms with Crippen molar-refractivity contribution in [2.24, 2.45) is 0 Å². The Kier molecular flexibility index (Phi) is 3.23. The Hall–Kier alpha value is -2.95. The molecule has 0 aliphatic carbocycles. The van der Waals surface area contributed by atoms with E-state index >= 15 is 0 Å². The van der Waals surface area contributed by atoms with Gasteiger partial charge in [-0.3, -0.25) is 4.79 Å². The van der Waals surface area contributed by atoms with E-state index in [1.165, 1.54) is 0 Å². The smallest absolute Gasteiger partial charge is 0.272 e. The third-order valence-electron chi connectivity index (χ3n) is 3.32. The highest BCUT2D eigenvalue weighted by Gasteiger charge is 2.10. The first kappa shape index (κ1) is 13.1. The van der Waals surface area contributed by atoms with Crippen LogP contribution in [0.5, 0.6) is 0 Å². The van der Waals surface area contributed by atoms with Gasteiger partial charge in [-0.15, -0.1) is 0 Å². The number of hydrogen-bond donors (Lipinski definition) is 2. The average Bonchev–Trinajstić information content (AvgIpc) is 2.92. The van der Waals surface area contributed by atoms with Gasteiger partial charge < -0.3 is 4.98 Å². The number of fused-ring (bicyclic) bond motifs is 1. The summed E-state index contributed by atoms with van der Waals surface area (Å²) in [6.07, 6.45) is 3.87. The summed E-state index contributed by atoms with van der Waals surface area (Å²) in [6.45, 7) is 7.47. The molecule has 0 aliphatic rings. The average molecular weight is 278 g/mol. The summed E-state index contributed by atoms with van der Waals surface area (Å²) in [5.74, 6) is 0.754. The van der Waals surface area contributed by atoms with Crippen molar-refractivity contribution in [2.45, 2.75) is 6.42 Å². The fourth-order valence-corrected chi connectivity index (χ4v) is 2.31. The molecule has 0 aliphatic heterocycles. The first-order valence-corrected chi connectivity index (χ1v) is 6.53. The van der Waals surface area contributed by atoms with Crippen LogP contribution in [0.2, 0.25) is 0 Å². The largest absolute Gasteiger partial charge is 0.342 e. The molecule has 2 aromatic heterocycles. The van der Waals surface area contributed by atoms with E-state index < -0.39 is 0 Å². The molecule has 0 atom stereocenters. The lowest BCUT2D eigenvalue weighted by atomic mass is 10.1. The number of nitrogens with one attached hydrogen (secondary N) is 2. The summed E-state index contributed by atoms with van der Waals surface area (Å²) in [4.78, 5) is 19.4. The number of imidazole rings is 1. The van der Waals surface area contributed by atoms with E-state index in [0.717, 1.165) is 28.3 Å². The second-order valence-electron chi connectivity index (χ2n) is 4.61. The van der Waals surface area contributed by atoms with Gasteiger partial charge in [0.05, 0.1) is 28.9 Å². The summed E-state index contributed by atoms with van der Waals surface area (Å²) >= 11 is 0. The molecule has 3 aromatic rings. The number of H-pyrrole nitrogens is 2. The van der Waals surface area contributed by atoms with Crippen LogP contribution in [0.15, 0.2) is 42.2 Å². The van der Waals surface area contributed by atoms with E-state index in [1.54, 1.807) is 18.2 Å². The van der Waals surface area contributed by atoms with Gasteiger partial charge in [-0.05, 0) is 18.2 Å². The van der Waals surface area contributed by atoms with Gasteiger partial charge in [0.25, 0.3) is 5.56 Å². The monoisotopic (exact) mass is 278 g/mol. The summed E-state index contributed by atoms with van der Waals surface area (Å²) in [7, 11) is 0. The molecular formula is C16H14N4O. The quantitative estimate of drug-likeness (QED) is 0.770. The number of nitrogens with zero attached hydrogens (tertiary/aromatic N) is 2. The van der Waals surface area contributed by atoms with E-state index in [-0.39, 0.29) is 5.56 Å². The summed E-state index contributed by atoms with van der Waals surface area (Å²) < 4.78 is 0. The SMILES string of the molecule is C=Cc1nc(Cc2n[nH]c(=O)c3ccccc23)[nH]c1C=C. The molecule has 0 spiro atoms. The Labute approximate surface area is 121 Å². The van der Waals surface area contributed by atoms with Crippen molar-refractivity contribution in [1.82, 2.24) is 20.2 Å². The van der Waals surface area contributed by atoms with Crippen molar-refractivity contribution in [3.05, 3.63) is 70.7 Å². The van der Waals surface area contributed by atoms with Crippen molar-refractivity contribution < 1.29 is 0 Å². The normalized spacial score (nSPS) is 10.7. The first-order chi connectivity index (χ1) is 10.2. The highest BCUT2D eigenvalue weighted by Crippen LogP contribution is 2.17. The van der Waals surface area contributed by atoms with Crippen LogP contribution in [-0.4, -0.2) is 20.2 Å². The molecule has 0 amide bonds. The van der Waals surface area contributed by atoms with E-state index in [4.69, 9.17) is 0 Å². The van der Waals surface area contributed by atoms with Crippen LogP contribution >= 0.6 is 0 Å². The fraction of sp³-hybridized carbons (Fsp3) is 0.0625. The Balaban J connectivity index is 2.08. The van der Waals surface area contributed by atoms with Gasteiger partial charge >= 0.3 is 0 Å². The van der Waals surface area contributed by atoms with Crippen LogP contribution in [0, 0.1) is 0 Å². The summed E-state index contributed by atoms with van der Waals surface area (Å²) in [5, 5.41) is 8.13. The van der Waals surface area contributed by atoms with Crippen molar-refractivity contribution in [3.63, 3.8) is 0 Å². The molecule has 0 unspecified atom stereocenters. The molecule has 5 heteroatoms. The Morgan fingerprint density at radius 3 is 2.57 bits per heavy atom. The van der Waals surface area contributed by atoms with Gasteiger partial charge in [-0.25, -0.2) is 10.1 Å². The zero-order chi connectivity index (χ0) is 14.8. The molecule has 1 aromatic carbocycles. The molecule has 0 radical (unpaired) electrons. The van der Waals surface area contributed by atoms with Gasteiger partial charge in [-0.1, -0.05) is 31.4 Å². The lowest BCUT2D eigenvalue weighted by Crippen LogP contribution is -2.11. The van der Waals surface area contributed by atoms with Crippen LogP contribution in [-0.2, 0) is 6.42 Å². The molecule has 3 rings (SSSR count). The summed E-state index contributed by atoms with van der Waals surface area (Å²) in [6, 6.07) is 7.39. The van der Waals surface area contributed by atoms with Gasteiger partial charge in [0.1, 0.15) is 5.82 Å². The standard InChI is InChI=1S/C16H14N4O/c1-3-12-13(4-2)18-15(17-12)9-14-10-7-5-6-8-11(10)16(21)20-19-14/h3-8H,1-2,9H2,(H,17,18)(H,20,21). The minimum Gasteiger partial charge on any atom is -0.342 e. The van der Waals surface area contributed by atoms with Gasteiger partial charge in [-0.2, -0.15) is 5.10 Å². The van der Waals surface area contributed by atoms with Crippen LogP contribution in [0.3, 0.4) is 0 Å². The molecule has 0 fully saturated rings. The number of aromatic nitrogens is 4. The minimum atomic E-state index is -0.188. The lowest BCUT2D eigenvalue weighted by molar-refractivity contribution is 0.902. The minimum absolute atomic E-state index is 0.188. The molecule has 0 saturated carbocycles. The molecular weight excluding hydrogens is 264 g/mol. The van der Waals surface area contributed by atoms with Crippen molar-refractivity contribution in [2.75, 3.05) is 0 Å². The topological polar surface area (TPSA) is 74.4 Å². The van der Waals surface area contributed by atoms with Crippen molar-refractivity contribution >= 4 is 22.9 Å². The highest BCUT2D eigenvalue weighted by molar-refractivity contribution is 5.83. The maximum Gasteiger partial charge on any atom is 0.272 e. The van der Waals surface area contributed by atoms with Crippen molar-refractivity contribution in [3.8, 4) is 0 Å². The highest BCUT2D eigenvalue weighted by atomic mass is 16.1. The van der Waals surface area contributed by atoms with E-state index in [9.17, 15) is 4.79 Å². The number of rotatable bonds is 4. The molecule has 2 N–H and O–H groups in total. The van der Waals surface area contributed by atoms with Gasteiger partial charge in [0, 0.05) is 5.39 Å². The van der Waals surface area contributed by atoms with E-state index in [1.807, 2.05) is 18.2 Å². The number of aromatic amines is 2. The number of hydrogen-bond acceptors (Lipinski definition) is 3. The zero-order valence-corrected chi connectivity index (χ0v) is 11.4. The Morgan fingerprint density at radius 2 is 1.90 bits per heavy atom. The van der Waals surface area contributed by atoms with Crippen LogP contribution in [0.4, 0.5) is 0 Å². The zero-order valence-electron chi connectivity index (χ0n) is 11.4. The molecule has 5 nitrogen and oxygen atoms in total. The maximum absolute atomic E-state index is 11.8. The van der Waals surface area contributed by atoms with Gasteiger partial charge in [0.15, 0.2) is 0 Å². The van der Waals surface area contributed by atoms with Crippen LogP contribution in [0.1, 0.15) is 22.9 Å². The first-order valence-electron chi connectivity index (χ1n) is 6.53. The van der Waals surface area contributed by atoms with Crippen molar-refractivity contribution in [1.29, 1.82) is 0 Å².